The van der Waals surface area contributed by atoms with E-state index in [4.69, 9.17) is 28.6 Å². The average molecular weight is 390 g/mol. The Morgan fingerprint density at radius 2 is 2.08 bits per heavy atom. The van der Waals surface area contributed by atoms with Crippen LogP contribution in [0.1, 0.15) is 12.5 Å². The zero-order valence-corrected chi connectivity index (χ0v) is 16.9. The number of rotatable bonds is 4. The summed E-state index contributed by atoms with van der Waals surface area (Å²) in [4.78, 5) is 4.36. The van der Waals surface area contributed by atoms with Crippen LogP contribution in [0.3, 0.4) is 0 Å². The standard InChI is InChI=1S/C20H24ClN3OS/c1-4-24-13-15(25-19-11-6-5-10-18(19)24)12-23(3)20(26)22-17-9-7-8-16(21)14(17)2/h5-11,15H,4,12-13H2,1-3H3,(H,22,26)/t15-/m0/s1. The lowest BCUT2D eigenvalue weighted by Gasteiger charge is -2.37. The molecule has 138 valence electrons. The number of nitrogens with one attached hydrogen (secondary N) is 1. The fourth-order valence-corrected chi connectivity index (χ4v) is 3.47. The third kappa shape index (κ3) is 4.05. The van der Waals surface area contributed by atoms with Crippen molar-refractivity contribution in [1.82, 2.24) is 4.90 Å². The Balaban J connectivity index is 1.65. The Hall–Kier alpha value is -1.98. The summed E-state index contributed by atoms with van der Waals surface area (Å²) >= 11 is 11.8. The maximum atomic E-state index is 6.19. The zero-order valence-electron chi connectivity index (χ0n) is 15.3. The van der Waals surface area contributed by atoms with Crippen LogP contribution < -0.4 is 15.0 Å². The van der Waals surface area contributed by atoms with Crippen molar-refractivity contribution in [3.63, 3.8) is 0 Å². The minimum Gasteiger partial charge on any atom is -0.485 e. The van der Waals surface area contributed by atoms with Gasteiger partial charge in [-0.05, 0) is 55.9 Å². The molecular weight excluding hydrogens is 366 g/mol. The van der Waals surface area contributed by atoms with Crippen molar-refractivity contribution in [2.24, 2.45) is 0 Å². The molecule has 1 N–H and O–H groups in total. The van der Waals surface area contributed by atoms with Gasteiger partial charge in [-0.1, -0.05) is 29.8 Å². The highest BCUT2D eigenvalue weighted by atomic mass is 35.5. The summed E-state index contributed by atoms with van der Waals surface area (Å²) in [5, 5.41) is 4.67. The van der Waals surface area contributed by atoms with E-state index in [1.54, 1.807) is 0 Å². The van der Waals surface area contributed by atoms with Crippen LogP contribution in [0.25, 0.3) is 0 Å². The van der Waals surface area contributed by atoms with Gasteiger partial charge in [-0.25, -0.2) is 0 Å². The van der Waals surface area contributed by atoms with E-state index in [2.05, 4.69) is 23.2 Å². The van der Waals surface area contributed by atoms with E-state index < -0.39 is 0 Å². The molecule has 0 saturated heterocycles. The van der Waals surface area contributed by atoms with Crippen molar-refractivity contribution < 1.29 is 4.74 Å². The van der Waals surface area contributed by atoms with E-state index in [0.29, 0.717) is 11.7 Å². The Bertz CT molecular complexity index is 798. The van der Waals surface area contributed by atoms with Crippen LogP contribution in [0.4, 0.5) is 11.4 Å². The van der Waals surface area contributed by atoms with E-state index in [9.17, 15) is 0 Å². The van der Waals surface area contributed by atoms with E-state index in [1.165, 1.54) is 0 Å². The predicted octanol–water partition coefficient (Wildman–Crippen LogP) is 4.56. The van der Waals surface area contributed by atoms with E-state index in [1.807, 2.05) is 55.3 Å². The van der Waals surface area contributed by atoms with Gasteiger partial charge < -0.3 is 19.9 Å². The van der Waals surface area contributed by atoms with Crippen molar-refractivity contribution in [3.05, 3.63) is 53.1 Å². The number of likely N-dealkylation sites (N-methyl/N-ethyl adjacent to an activating group) is 2. The van der Waals surface area contributed by atoms with Crippen molar-refractivity contribution in [1.29, 1.82) is 0 Å². The van der Waals surface area contributed by atoms with Gasteiger partial charge in [0.15, 0.2) is 5.11 Å². The number of fused-ring (bicyclic) bond motifs is 1. The molecule has 6 heteroatoms. The summed E-state index contributed by atoms with van der Waals surface area (Å²) in [6.07, 6.45) is 0.0510. The molecule has 2 aromatic rings. The first-order chi connectivity index (χ1) is 12.5. The second kappa shape index (κ2) is 8.14. The monoisotopic (exact) mass is 389 g/mol. The number of anilines is 2. The number of thiocarbonyl (C=S) groups is 1. The third-order valence-electron chi connectivity index (χ3n) is 4.64. The number of nitrogens with zero attached hydrogens (tertiary/aromatic N) is 2. The third-order valence-corrected chi connectivity index (χ3v) is 5.46. The quantitative estimate of drug-likeness (QED) is 0.773. The first kappa shape index (κ1) is 18.8. The lowest BCUT2D eigenvalue weighted by atomic mass is 10.2. The topological polar surface area (TPSA) is 27.7 Å². The van der Waals surface area contributed by atoms with Gasteiger partial charge in [-0.15, -0.1) is 0 Å². The maximum Gasteiger partial charge on any atom is 0.173 e. The molecule has 2 aromatic carbocycles. The summed E-state index contributed by atoms with van der Waals surface area (Å²) < 4.78 is 6.19. The number of ether oxygens (including phenoxy) is 1. The van der Waals surface area contributed by atoms with Crippen LogP contribution in [0, 0.1) is 6.92 Å². The molecule has 26 heavy (non-hydrogen) atoms. The lowest BCUT2D eigenvalue weighted by Crippen LogP contribution is -2.47. The van der Waals surface area contributed by atoms with Crippen molar-refractivity contribution in [2.75, 3.05) is 36.9 Å². The molecule has 0 unspecified atom stereocenters. The highest BCUT2D eigenvalue weighted by Gasteiger charge is 2.26. The number of benzene rings is 2. The van der Waals surface area contributed by atoms with Gasteiger partial charge in [0.05, 0.1) is 18.8 Å². The zero-order chi connectivity index (χ0) is 18.7. The van der Waals surface area contributed by atoms with Crippen molar-refractivity contribution in [2.45, 2.75) is 20.0 Å². The molecule has 1 aliphatic heterocycles. The highest BCUT2D eigenvalue weighted by molar-refractivity contribution is 7.80. The van der Waals surface area contributed by atoms with Crippen LogP contribution >= 0.6 is 23.8 Å². The summed E-state index contributed by atoms with van der Waals surface area (Å²) in [7, 11) is 1.98. The molecule has 1 heterocycles. The van der Waals surface area contributed by atoms with Gasteiger partial charge in [0.25, 0.3) is 0 Å². The van der Waals surface area contributed by atoms with Crippen LogP contribution in [-0.4, -0.2) is 42.8 Å². The summed E-state index contributed by atoms with van der Waals surface area (Å²) in [6.45, 7) is 6.64. The fourth-order valence-electron chi connectivity index (χ4n) is 3.12. The van der Waals surface area contributed by atoms with E-state index in [-0.39, 0.29) is 6.10 Å². The van der Waals surface area contributed by atoms with Crippen molar-refractivity contribution in [3.8, 4) is 5.75 Å². The second-order valence-corrected chi connectivity index (χ2v) is 7.26. The van der Waals surface area contributed by atoms with Gasteiger partial charge in [0, 0.05) is 24.3 Å². The minimum atomic E-state index is 0.0510. The predicted molar refractivity (Wildman–Crippen MR) is 114 cm³/mol. The van der Waals surface area contributed by atoms with Gasteiger partial charge in [0.2, 0.25) is 0 Å². The largest absolute Gasteiger partial charge is 0.485 e. The first-order valence-electron chi connectivity index (χ1n) is 8.77. The fraction of sp³-hybridized carbons (Fsp3) is 0.350. The summed E-state index contributed by atoms with van der Waals surface area (Å²) in [5.41, 5.74) is 3.08. The van der Waals surface area contributed by atoms with Crippen molar-refractivity contribution >= 4 is 40.3 Å². The molecule has 0 radical (unpaired) electrons. The molecular formula is C20H24ClN3OS. The number of halogens is 1. The smallest absolute Gasteiger partial charge is 0.173 e. The summed E-state index contributed by atoms with van der Waals surface area (Å²) in [6, 6.07) is 14.0. The molecule has 3 rings (SSSR count). The number of para-hydroxylation sites is 2. The lowest BCUT2D eigenvalue weighted by molar-refractivity contribution is 0.169. The Kier molecular flexibility index (Phi) is 5.89. The SMILES string of the molecule is CCN1C[C@H](CN(C)C(=S)Nc2cccc(Cl)c2C)Oc2ccccc21. The van der Waals surface area contributed by atoms with Crippen LogP contribution in [0.2, 0.25) is 5.02 Å². The second-order valence-electron chi connectivity index (χ2n) is 6.47. The Labute approximate surface area is 165 Å². The Morgan fingerprint density at radius 3 is 2.85 bits per heavy atom. The van der Waals surface area contributed by atoms with Gasteiger partial charge in [-0.3, -0.25) is 0 Å². The minimum absolute atomic E-state index is 0.0510. The maximum absolute atomic E-state index is 6.19. The molecule has 0 fully saturated rings. The molecule has 4 nitrogen and oxygen atoms in total. The molecule has 1 atom stereocenters. The number of hydrogen-bond acceptors (Lipinski definition) is 3. The normalized spacial score (nSPS) is 15.8. The molecule has 0 spiro atoms. The van der Waals surface area contributed by atoms with E-state index in [0.717, 1.165) is 40.8 Å². The average Bonchev–Trinajstić information content (AvgIpc) is 2.64. The number of hydrogen-bond donors (Lipinski definition) is 1. The van der Waals surface area contributed by atoms with Gasteiger partial charge in [-0.2, -0.15) is 0 Å². The van der Waals surface area contributed by atoms with Gasteiger partial charge >= 0.3 is 0 Å². The van der Waals surface area contributed by atoms with E-state index >= 15 is 0 Å². The van der Waals surface area contributed by atoms with Gasteiger partial charge in [0.1, 0.15) is 11.9 Å². The molecule has 1 aliphatic rings. The summed E-state index contributed by atoms with van der Waals surface area (Å²) in [5.74, 6) is 0.934. The first-order valence-corrected chi connectivity index (χ1v) is 9.56. The molecule has 0 aromatic heterocycles. The molecule has 0 amide bonds. The van der Waals surface area contributed by atoms with Crippen LogP contribution in [0.15, 0.2) is 42.5 Å². The Morgan fingerprint density at radius 1 is 1.31 bits per heavy atom. The van der Waals surface area contributed by atoms with Crippen LogP contribution in [0.5, 0.6) is 5.75 Å². The molecule has 0 bridgehead atoms. The molecule has 0 aliphatic carbocycles. The highest BCUT2D eigenvalue weighted by Crippen LogP contribution is 2.33. The molecule has 0 saturated carbocycles. The van der Waals surface area contributed by atoms with Crippen LogP contribution in [-0.2, 0) is 0 Å².